The van der Waals surface area contributed by atoms with Gasteiger partial charge < -0.3 is 20.5 Å². The molecule has 2 fully saturated rings. The Morgan fingerprint density at radius 3 is 1.97 bits per heavy atom. The van der Waals surface area contributed by atoms with Crippen molar-refractivity contribution in [2.45, 2.75) is 56.5 Å². The molecule has 7 heteroatoms. The highest BCUT2D eigenvalue weighted by Gasteiger charge is 2.35. The Morgan fingerprint density at radius 1 is 0.794 bits per heavy atom. The van der Waals surface area contributed by atoms with Crippen molar-refractivity contribution < 1.29 is 24.2 Å². The van der Waals surface area contributed by atoms with Gasteiger partial charge in [-0.3, -0.25) is 9.59 Å². The van der Waals surface area contributed by atoms with E-state index < -0.39 is 12.1 Å². The number of alkyl carbamates (subject to hydrolysis) is 1. The average molecular weight is 463 g/mol. The summed E-state index contributed by atoms with van der Waals surface area (Å²) in [6.45, 7) is 0.267. The molecule has 2 amide bonds. The lowest BCUT2D eigenvalue weighted by atomic mass is 9.98. The van der Waals surface area contributed by atoms with Crippen molar-refractivity contribution in [3.8, 4) is 11.1 Å². The number of ether oxygens (including phenoxy) is 1. The minimum Gasteiger partial charge on any atom is -0.481 e. The van der Waals surface area contributed by atoms with Crippen LogP contribution in [0.25, 0.3) is 11.1 Å². The summed E-state index contributed by atoms with van der Waals surface area (Å²) in [7, 11) is 0. The average Bonchev–Trinajstić information content (AvgIpc) is 3.56. The fraction of sp³-hybridized carbons (Fsp3) is 0.444. The second kappa shape index (κ2) is 9.49. The Balaban J connectivity index is 1.10. The van der Waals surface area contributed by atoms with E-state index in [4.69, 9.17) is 9.84 Å². The van der Waals surface area contributed by atoms with Crippen molar-refractivity contribution >= 4 is 18.0 Å². The zero-order valence-electron chi connectivity index (χ0n) is 19.0. The molecule has 0 spiro atoms. The molecule has 2 aromatic carbocycles. The van der Waals surface area contributed by atoms with Gasteiger partial charge in [0.2, 0.25) is 5.91 Å². The second-order valence-corrected chi connectivity index (χ2v) is 9.73. The normalized spacial score (nSPS) is 25.4. The number of fused-ring (bicyclic) bond motifs is 3. The molecule has 7 nitrogen and oxygen atoms in total. The number of aliphatic carboxylic acids is 1. The molecule has 3 aliphatic rings. The van der Waals surface area contributed by atoms with E-state index in [0.717, 1.165) is 6.42 Å². The van der Waals surface area contributed by atoms with Gasteiger partial charge in [-0.05, 0) is 60.8 Å². The Hall–Kier alpha value is -3.35. The van der Waals surface area contributed by atoms with Crippen molar-refractivity contribution in [1.29, 1.82) is 0 Å². The van der Waals surface area contributed by atoms with E-state index in [1.54, 1.807) is 0 Å². The monoisotopic (exact) mass is 462 g/mol. The molecule has 0 aromatic heterocycles. The SMILES string of the molecule is O=C(NC1CCC(C(=O)N[C@H]2CC[C@@H](C(=O)O)C2)C1)OCC1c2ccccc2-c2ccccc21. The number of carbonyl (C=O) groups excluding carboxylic acids is 2. The van der Waals surface area contributed by atoms with Crippen LogP contribution in [0.3, 0.4) is 0 Å². The van der Waals surface area contributed by atoms with Crippen molar-refractivity contribution in [3.63, 3.8) is 0 Å². The summed E-state index contributed by atoms with van der Waals surface area (Å²) in [5, 5.41) is 15.1. The highest BCUT2D eigenvalue weighted by Crippen LogP contribution is 2.44. The third kappa shape index (κ3) is 4.52. The van der Waals surface area contributed by atoms with Crippen LogP contribution in [0.2, 0.25) is 0 Å². The van der Waals surface area contributed by atoms with E-state index in [9.17, 15) is 14.4 Å². The van der Waals surface area contributed by atoms with Crippen LogP contribution in [0.1, 0.15) is 55.6 Å². The van der Waals surface area contributed by atoms with Crippen molar-refractivity contribution in [3.05, 3.63) is 59.7 Å². The number of hydrogen-bond acceptors (Lipinski definition) is 4. The van der Waals surface area contributed by atoms with Crippen LogP contribution in [0.5, 0.6) is 0 Å². The summed E-state index contributed by atoms with van der Waals surface area (Å²) in [5.74, 6) is -1.33. The third-order valence-corrected chi connectivity index (χ3v) is 7.60. The van der Waals surface area contributed by atoms with Gasteiger partial charge >= 0.3 is 12.1 Å². The maximum absolute atomic E-state index is 12.6. The van der Waals surface area contributed by atoms with Crippen LogP contribution in [0, 0.1) is 11.8 Å². The highest BCUT2D eigenvalue weighted by molar-refractivity contribution is 5.80. The van der Waals surface area contributed by atoms with Gasteiger partial charge in [0, 0.05) is 23.9 Å². The fourth-order valence-electron chi connectivity index (χ4n) is 5.81. The van der Waals surface area contributed by atoms with E-state index in [2.05, 4.69) is 34.9 Å². The summed E-state index contributed by atoms with van der Waals surface area (Å²) in [5.41, 5.74) is 4.72. The van der Waals surface area contributed by atoms with Gasteiger partial charge in [0.15, 0.2) is 0 Å². The molecule has 178 valence electrons. The molecule has 2 unspecified atom stereocenters. The predicted molar refractivity (Wildman–Crippen MR) is 126 cm³/mol. The maximum Gasteiger partial charge on any atom is 0.407 e. The van der Waals surface area contributed by atoms with E-state index >= 15 is 0 Å². The molecule has 0 radical (unpaired) electrons. The first kappa shape index (κ1) is 22.4. The number of rotatable bonds is 6. The first-order valence-corrected chi connectivity index (χ1v) is 12.1. The predicted octanol–water partition coefficient (Wildman–Crippen LogP) is 4.06. The molecular weight excluding hydrogens is 432 g/mol. The van der Waals surface area contributed by atoms with Crippen LogP contribution in [-0.2, 0) is 14.3 Å². The van der Waals surface area contributed by atoms with Gasteiger partial charge in [0.05, 0.1) is 5.92 Å². The van der Waals surface area contributed by atoms with Gasteiger partial charge in [-0.2, -0.15) is 0 Å². The van der Waals surface area contributed by atoms with Gasteiger partial charge in [-0.1, -0.05) is 48.5 Å². The Bertz CT molecular complexity index is 1050. The van der Waals surface area contributed by atoms with Gasteiger partial charge in [0.25, 0.3) is 0 Å². The summed E-state index contributed by atoms with van der Waals surface area (Å²) < 4.78 is 5.63. The molecule has 2 aromatic rings. The number of nitrogens with one attached hydrogen (secondary N) is 2. The van der Waals surface area contributed by atoms with E-state index in [1.165, 1.54) is 22.3 Å². The van der Waals surface area contributed by atoms with Gasteiger partial charge in [0.1, 0.15) is 6.61 Å². The molecular formula is C27H30N2O5. The molecule has 3 N–H and O–H groups in total. The first-order chi connectivity index (χ1) is 16.5. The van der Waals surface area contributed by atoms with E-state index in [1.807, 2.05) is 24.3 Å². The minimum absolute atomic E-state index is 0.0151. The molecule has 5 rings (SSSR count). The summed E-state index contributed by atoms with van der Waals surface area (Å²) in [4.78, 5) is 36.3. The lowest BCUT2D eigenvalue weighted by molar-refractivity contribution is -0.141. The molecule has 4 atom stereocenters. The number of carboxylic acid groups (broad SMARTS) is 1. The molecule has 34 heavy (non-hydrogen) atoms. The van der Waals surface area contributed by atoms with Gasteiger partial charge in [-0.15, -0.1) is 0 Å². The lowest BCUT2D eigenvalue weighted by Gasteiger charge is -2.18. The molecule has 0 saturated heterocycles. The van der Waals surface area contributed by atoms with Crippen LogP contribution in [-0.4, -0.2) is 41.8 Å². The molecule has 0 heterocycles. The Morgan fingerprint density at radius 2 is 1.35 bits per heavy atom. The first-order valence-electron chi connectivity index (χ1n) is 12.1. The highest BCUT2D eigenvalue weighted by atomic mass is 16.5. The smallest absolute Gasteiger partial charge is 0.407 e. The summed E-state index contributed by atoms with van der Waals surface area (Å²) in [6, 6.07) is 16.3. The number of amides is 2. The summed E-state index contributed by atoms with van der Waals surface area (Å²) >= 11 is 0. The second-order valence-electron chi connectivity index (χ2n) is 9.73. The Kier molecular flexibility index (Phi) is 6.26. The largest absolute Gasteiger partial charge is 0.481 e. The van der Waals surface area contributed by atoms with E-state index in [0.29, 0.717) is 32.1 Å². The standard InChI is InChI=1S/C27H30N2O5/c30-25(28-18-12-10-17(14-18)26(31)32)16-9-11-19(13-16)29-27(33)34-15-24-22-7-3-1-5-20(22)21-6-2-4-8-23(21)24/h1-8,16-19,24H,9-15H2,(H,28,30)(H,29,33)(H,31,32)/t16?,17-,18+,19?/m1/s1. The number of carbonyl (C=O) groups is 3. The molecule has 0 bridgehead atoms. The van der Waals surface area contributed by atoms with Crippen LogP contribution < -0.4 is 10.6 Å². The topological polar surface area (TPSA) is 105 Å². The van der Waals surface area contributed by atoms with Crippen molar-refractivity contribution in [1.82, 2.24) is 10.6 Å². The fourth-order valence-corrected chi connectivity index (χ4v) is 5.81. The molecule has 2 saturated carbocycles. The maximum atomic E-state index is 12.6. The zero-order valence-corrected chi connectivity index (χ0v) is 19.0. The van der Waals surface area contributed by atoms with Crippen LogP contribution >= 0.6 is 0 Å². The quantitative estimate of drug-likeness (QED) is 0.600. The van der Waals surface area contributed by atoms with Crippen LogP contribution in [0.15, 0.2) is 48.5 Å². The minimum atomic E-state index is -0.787. The van der Waals surface area contributed by atoms with Crippen molar-refractivity contribution in [2.75, 3.05) is 6.61 Å². The Labute approximate surface area is 198 Å². The number of hydrogen-bond donors (Lipinski definition) is 3. The zero-order chi connectivity index (χ0) is 23.7. The van der Waals surface area contributed by atoms with Crippen LogP contribution in [0.4, 0.5) is 4.79 Å². The number of benzene rings is 2. The van der Waals surface area contributed by atoms with Gasteiger partial charge in [-0.25, -0.2) is 4.79 Å². The molecule has 3 aliphatic carbocycles. The third-order valence-electron chi connectivity index (χ3n) is 7.60. The molecule has 0 aliphatic heterocycles. The summed E-state index contributed by atoms with van der Waals surface area (Å²) in [6.07, 6.45) is 3.36. The lowest BCUT2D eigenvalue weighted by Crippen LogP contribution is -2.38. The van der Waals surface area contributed by atoms with Crippen molar-refractivity contribution in [2.24, 2.45) is 11.8 Å². The number of carboxylic acids is 1. The van der Waals surface area contributed by atoms with E-state index in [-0.39, 0.29) is 42.4 Å².